The zero-order chi connectivity index (χ0) is 13.3. The number of alkyl halides is 3. The Morgan fingerprint density at radius 3 is 2.56 bits per heavy atom. The highest BCUT2D eigenvalue weighted by atomic mass is 19.4. The van der Waals surface area contributed by atoms with Crippen molar-refractivity contribution in [1.29, 1.82) is 0 Å². The molecule has 0 aliphatic carbocycles. The molecule has 0 unspecified atom stereocenters. The first-order valence-electron chi connectivity index (χ1n) is 5.60. The summed E-state index contributed by atoms with van der Waals surface area (Å²) in [4.78, 5) is 4.13. The molecule has 0 N–H and O–H groups in total. The molecule has 1 heterocycles. The third kappa shape index (κ3) is 2.39. The molecular formula is C13H13F3N2. The number of rotatable bonds is 2. The molecule has 1 aromatic carbocycles. The lowest BCUT2D eigenvalue weighted by molar-refractivity contribution is -0.137. The van der Waals surface area contributed by atoms with E-state index in [1.807, 2.05) is 18.4 Å². The van der Waals surface area contributed by atoms with Crippen LogP contribution in [0.25, 0.3) is 11.4 Å². The Balaban J connectivity index is 2.48. The molecule has 1 aromatic heterocycles. The first-order chi connectivity index (χ1) is 8.39. The van der Waals surface area contributed by atoms with Crippen molar-refractivity contribution in [2.75, 3.05) is 0 Å². The van der Waals surface area contributed by atoms with Gasteiger partial charge in [-0.15, -0.1) is 0 Å². The van der Waals surface area contributed by atoms with Gasteiger partial charge in [0.25, 0.3) is 0 Å². The summed E-state index contributed by atoms with van der Waals surface area (Å²) in [5, 5.41) is 0. The maximum Gasteiger partial charge on any atom is 0.416 e. The lowest BCUT2D eigenvalue weighted by Gasteiger charge is -2.13. The predicted octanol–water partition coefficient (Wildman–Crippen LogP) is 4.15. The molecule has 0 amide bonds. The fraction of sp³-hybridized carbons (Fsp3) is 0.308. The zero-order valence-corrected chi connectivity index (χ0v) is 10.1. The quantitative estimate of drug-likeness (QED) is 0.787. The molecule has 18 heavy (non-hydrogen) atoms. The normalized spacial score (nSPS) is 12.1. The molecule has 0 bridgehead atoms. The van der Waals surface area contributed by atoms with Crippen molar-refractivity contribution in [2.24, 2.45) is 0 Å². The number of halogens is 3. The van der Waals surface area contributed by atoms with Crippen molar-refractivity contribution in [2.45, 2.75) is 26.1 Å². The van der Waals surface area contributed by atoms with Crippen LogP contribution in [0.15, 0.2) is 36.7 Å². The molecule has 0 aliphatic rings. The van der Waals surface area contributed by atoms with E-state index >= 15 is 0 Å². The van der Waals surface area contributed by atoms with E-state index < -0.39 is 11.7 Å². The van der Waals surface area contributed by atoms with Crippen LogP contribution in [0.5, 0.6) is 0 Å². The van der Waals surface area contributed by atoms with Gasteiger partial charge in [0.05, 0.1) is 5.56 Å². The molecule has 2 rings (SSSR count). The monoisotopic (exact) mass is 254 g/mol. The van der Waals surface area contributed by atoms with Crippen LogP contribution < -0.4 is 0 Å². The Morgan fingerprint density at radius 1 is 1.22 bits per heavy atom. The maximum absolute atomic E-state index is 12.6. The van der Waals surface area contributed by atoms with Crippen LogP contribution in [0, 0.1) is 0 Å². The number of imidazole rings is 1. The van der Waals surface area contributed by atoms with E-state index in [2.05, 4.69) is 4.98 Å². The largest absolute Gasteiger partial charge is 0.416 e. The molecular weight excluding hydrogens is 241 g/mol. The van der Waals surface area contributed by atoms with Crippen LogP contribution in [0.1, 0.15) is 25.5 Å². The van der Waals surface area contributed by atoms with E-state index in [1.165, 1.54) is 6.07 Å². The Bertz CT molecular complexity index is 541. The second kappa shape index (κ2) is 4.48. The third-order valence-corrected chi connectivity index (χ3v) is 2.67. The van der Waals surface area contributed by atoms with Crippen LogP contribution in [-0.2, 0) is 6.18 Å². The molecule has 0 spiro atoms. The Hall–Kier alpha value is -1.78. The number of nitrogens with zero attached hydrogens (tertiary/aromatic N) is 2. The van der Waals surface area contributed by atoms with E-state index in [9.17, 15) is 13.2 Å². The van der Waals surface area contributed by atoms with Gasteiger partial charge in [-0.2, -0.15) is 13.2 Å². The summed E-state index contributed by atoms with van der Waals surface area (Å²) in [6.45, 7) is 3.91. The standard InChI is InChI=1S/C13H13F3N2/c1-9(2)18-7-6-17-12(18)10-4-3-5-11(8-10)13(14,15)16/h3-9H,1-2H3. The van der Waals surface area contributed by atoms with Crippen LogP contribution in [0.3, 0.4) is 0 Å². The van der Waals surface area contributed by atoms with Gasteiger partial charge in [-0.1, -0.05) is 12.1 Å². The summed E-state index contributed by atoms with van der Waals surface area (Å²) in [6, 6.07) is 5.37. The average Bonchev–Trinajstić information content (AvgIpc) is 2.77. The Kier molecular flexibility index (Phi) is 3.15. The summed E-state index contributed by atoms with van der Waals surface area (Å²) in [6.07, 6.45) is -0.971. The first-order valence-corrected chi connectivity index (χ1v) is 5.60. The maximum atomic E-state index is 12.6. The summed E-state index contributed by atoms with van der Waals surface area (Å²) in [5.74, 6) is 0.552. The van der Waals surface area contributed by atoms with Gasteiger partial charge >= 0.3 is 6.18 Å². The SMILES string of the molecule is CC(C)n1ccnc1-c1cccc(C(F)(F)F)c1. The van der Waals surface area contributed by atoms with Gasteiger partial charge in [-0.3, -0.25) is 0 Å². The number of hydrogen-bond acceptors (Lipinski definition) is 1. The highest BCUT2D eigenvalue weighted by Crippen LogP contribution is 2.32. The van der Waals surface area contributed by atoms with Gasteiger partial charge < -0.3 is 4.57 Å². The van der Waals surface area contributed by atoms with Crippen LogP contribution in [0.4, 0.5) is 13.2 Å². The topological polar surface area (TPSA) is 17.8 Å². The molecule has 2 aromatic rings. The van der Waals surface area contributed by atoms with Gasteiger partial charge in [-0.25, -0.2) is 4.98 Å². The van der Waals surface area contributed by atoms with Crippen molar-refractivity contribution in [3.05, 3.63) is 42.2 Å². The third-order valence-electron chi connectivity index (χ3n) is 2.67. The van der Waals surface area contributed by atoms with Gasteiger partial charge in [0.2, 0.25) is 0 Å². The predicted molar refractivity (Wildman–Crippen MR) is 63.1 cm³/mol. The minimum atomic E-state index is -4.33. The van der Waals surface area contributed by atoms with E-state index in [4.69, 9.17) is 0 Å². The van der Waals surface area contributed by atoms with Crippen molar-refractivity contribution in [3.8, 4) is 11.4 Å². The van der Waals surface area contributed by atoms with Gasteiger partial charge in [0.15, 0.2) is 0 Å². The molecule has 0 fully saturated rings. The Labute approximate surface area is 103 Å². The van der Waals surface area contributed by atoms with Crippen LogP contribution >= 0.6 is 0 Å². The van der Waals surface area contributed by atoms with Gasteiger partial charge in [0, 0.05) is 24.0 Å². The second-order valence-electron chi connectivity index (χ2n) is 4.33. The molecule has 5 heteroatoms. The van der Waals surface area contributed by atoms with E-state index in [0.29, 0.717) is 11.4 Å². The van der Waals surface area contributed by atoms with Crippen LogP contribution in [-0.4, -0.2) is 9.55 Å². The summed E-state index contributed by atoms with van der Waals surface area (Å²) < 4.78 is 39.8. The summed E-state index contributed by atoms with van der Waals surface area (Å²) in [5.41, 5.74) is -0.179. The average molecular weight is 254 g/mol. The molecule has 96 valence electrons. The van der Waals surface area contributed by atoms with Gasteiger partial charge in [0.1, 0.15) is 5.82 Å². The highest BCUT2D eigenvalue weighted by molar-refractivity contribution is 5.57. The second-order valence-corrected chi connectivity index (χ2v) is 4.33. The van der Waals surface area contributed by atoms with E-state index in [1.54, 1.807) is 18.5 Å². The lowest BCUT2D eigenvalue weighted by atomic mass is 10.1. The first kappa shape index (κ1) is 12.7. The molecule has 0 aliphatic heterocycles. The summed E-state index contributed by atoms with van der Waals surface area (Å²) in [7, 11) is 0. The van der Waals surface area contributed by atoms with Crippen molar-refractivity contribution < 1.29 is 13.2 Å². The molecule has 2 nitrogen and oxygen atoms in total. The zero-order valence-electron chi connectivity index (χ0n) is 10.1. The molecule has 0 saturated heterocycles. The number of benzene rings is 1. The fourth-order valence-corrected chi connectivity index (χ4v) is 1.79. The lowest BCUT2D eigenvalue weighted by Crippen LogP contribution is -2.06. The minimum absolute atomic E-state index is 0.150. The number of hydrogen-bond donors (Lipinski definition) is 0. The molecule has 0 radical (unpaired) electrons. The Morgan fingerprint density at radius 2 is 1.94 bits per heavy atom. The van der Waals surface area contributed by atoms with Crippen molar-refractivity contribution in [3.63, 3.8) is 0 Å². The molecule has 0 atom stereocenters. The van der Waals surface area contributed by atoms with Crippen molar-refractivity contribution >= 4 is 0 Å². The molecule has 0 saturated carbocycles. The minimum Gasteiger partial charge on any atom is -0.328 e. The summed E-state index contributed by atoms with van der Waals surface area (Å²) >= 11 is 0. The van der Waals surface area contributed by atoms with Gasteiger partial charge in [-0.05, 0) is 26.0 Å². The fourth-order valence-electron chi connectivity index (χ4n) is 1.79. The highest BCUT2D eigenvalue weighted by Gasteiger charge is 2.30. The van der Waals surface area contributed by atoms with Crippen molar-refractivity contribution in [1.82, 2.24) is 9.55 Å². The van der Waals surface area contributed by atoms with E-state index in [-0.39, 0.29) is 6.04 Å². The smallest absolute Gasteiger partial charge is 0.328 e. The van der Waals surface area contributed by atoms with E-state index in [0.717, 1.165) is 12.1 Å². The number of aromatic nitrogens is 2. The van der Waals surface area contributed by atoms with Crippen LogP contribution in [0.2, 0.25) is 0 Å².